The van der Waals surface area contributed by atoms with E-state index in [0.29, 0.717) is 25.2 Å². The molecule has 19 heavy (non-hydrogen) atoms. The molecule has 1 aromatic carbocycles. The zero-order valence-electron chi connectivity index (χ0n) is 10.5. The maximum atomic E-state index is 12.7. The normalized spacial score (nSPS) is 10.6. The number of carbonyl (C=O) groups excluding carboxylic acids is 1. The van der Waals surface area contributed by atoms with Crippen molar-refractivity contribution in [2.24, 2.45) is 0 Å². The minimum absolute atomic E-state index is 0.0175. The molecule has 0 aliphatic heterocycles. The molecule has 4 heteroatoms. The van der Waals surface area contributed by atoms with E-state index in [0.717, 1.165) is 6.42 Å². The SMILES string of the molecule is O=C(CCOCCc1cccs1)c1ccc(F)cc1. The summed E-state index contributed by atoms with van der Waals surface area (Å²) in [5, 5.41) is 2.04. The molecule has 2 aromatic rings. The number of ether oxygens (including phenoxy) is 1. The highest BCUT2D eigenvalue weighted by Gasteiger charge is 2.05. The first-order valence-electron chi connectivity index (χ1n) is 6.14. The van der Waals surface area contributed by atoms with Crippen LogP contribution in [-0.4, -0.2) is 19.0 Å². The molecule has 0 bridgehead atoms. The number of carbonyl (C=O) groups is 1. The largest absolute Gasteiger partial charge is 0.381 e. The third kappa shape index (κ3) is 4.58. The molecular weight excluding hydrogens is 263 g/mol. The van der Waals surface area contributed by atoms with E-state index < -0.39 is 0 Å². The standard InChI is InChI=1S/C15H15FO2S/c16-13-5-3-12(4-6-13)15(17)8-10-18-9-7-14-2-1-11-19-14/h1-6,11H,7-10H2. The van der Waals surface area contributed by atoms with Gasteiger partial charge < -0.3 is 4.74 Å². The number of rotatable bonds is 7. The van der Waals surface area contributed by atoms with Crippen molar-refractivity contribution in [1.82, 2.24) is 0 Å². The van der Waals surface area contributed by atoms with Gasteiger partial charge in [0.2, 0.25) is 0 Å². The van der Waals surface area contributed by atoms with E-state index in [1.54, 1.807) is 11.3 Å². The lowest BCUT2D eigenvalue weighted by atomic mass is 10.1. The third-order valence-electron chi connectivity index (χ3n) is 2.71. The van der Waals surface area contributed by atoms with Crippen LogP contribution in [0.15, 0.2) is 41.8 Å². The van der Waals surface area contributed by atoms with Crippen LogP contribution in [0.5, 0.6) is 0 Å². The fourth-order valence-corrected chi connectivity index (χ4v) is 2.36. The summed E-state index contributed by atoms with van der Waals surface area (Å²) in [5.74, 6) is -0.347. The Balaban J connectivity index is 1.65. The Hall–Kier alpha value is -1.52. The van der Waals surface area contributed by atoms with Gasteiger partial charge in [-0.3, -0.25) is 4.79 Å². The van der Waals surface area contributed by atoms with E-state index in [4.69, 9.17) is 4.74 Å². The van der Waals surface area contributed by atoms with E-state index in [9.17, 15) is 9.18 Å². The zero-order chi connectivity index (χ0) is 13.5. The minimum atomic E-state index is -0.330. The van der Waals surface area contributed by atoms with Crippen LogP contribution in [0.3, 0.4) is 0 Å². The Morgan fingerprint density at radius 1 is 1.16 bits per heavy atom. The van der Waals surface area contributed by atoms with E-state index in [1.165, 1.54) is 29.1 Å². The number of ketones is 1. The maximum absolute atomic E-state index is 12.7. The number of hydrogen-bond donors (Lipinski definition) is 0. The summed E-state index contributed by atoms with van der Waals surface area (Å²) in [6, 6.07) is 9.68. The lowest BCUT2D eigenvalue weighted by Crippen LogP contribution is -2.06. The Morgan fingerprint density at radius 3 is 2.63 bits per heavy atom. The average molecular weight is 278 g/mol. The maximum Gasteiger partial charge on any atom is 0.165 e. The smallest absolute Gasteiger partial charge is 0.165 e. The Morgan fingerprint density at radius 2 is 1.95 bits per heavy atom. The van der Waals surface area contributed by atoms with Gasteiger partial charge in [-0.25, -0.2) is 4.39 Å². The summed E-state index contributed by atoms with van der Waals surface area (Å²) in [6.45, 7) is 1.03. The zero-order valence-corrected chi connectivity index (χ0v) is 11.3. The molecule has 0 aliphatic carbocycles. The van der Waals surface area contributed by atoms with E-state index in [1.807, 2.05) is 11.4 Å². The quantitative estimate of drug-likeness (QED) is 0.570. The lowest BCUT2D eigenvalue weighted by molar-refractivity contribution is 0.0883. The van der Waals surface area contributed by atoms with Gasteiger partial charge in [0.25, 0.3) is 0 Å². The molecule has 100 valence electrons. The lowest BCUT2D eigenvalue weighted by Gasteiger charge is -2.03. The van der Waals surface area contributed by atoms with Crippen LogP contribution in [0.4, 0.5) is 4.39 Å². The second-order valence-corrected chi connectivity index (χ2v) is 5.15. The molecule has 2 nitrogen and oxygen atoms in total. The molecule has 0 radical (unpaired) electrons. The van der Waals surface area contributed by atoms with Gasteiger partial charge >= 0.3 is 0 Å². The molecule has 1 heterocycles. The molecule has 0 atom stereocenters. The fourth-order valence-electron chi connectivity index (χ4n) is 1.67. The molecule has 1 aromatic heterocycles. The number of halogens is 1. The summed E-state index contributed by atoms with van der Waals surface area (Å²) >= 11 is 1.70. The number of thiophene rings is 1. The first-order valence-corrected chi connectivity index (χ1v) is 7.02. The molecule has 0 spiro atoms. The first kappa shape index (κ1) is 13.9. The monoisotopic (exact) mass is 278 g/mol. The van der Waals surface area contributed by atoms with E-state index >= 15 is 0 Å². The van der Waals surface area contributed by atoms with Crippen molar-refractivity contribution in [2.75, 3.05) is 13.2 Å². The Kier molecular flexibility index (Phi) is 5.24. The van der Waals surface area contributed by atoms with Crippen molar-refractivity contribution in [3.8, 4) is 0 Å². The molecule has 2 rings (SSSR count). The highest BCUT2D eigenvalue weighted by molar-refractivity contribution is 7.09. The summed E-state index contributed by atoms with van der Waals surface area (Å²) in [5.41, 5.74) is 0.531. The van der Waals surface area contributed by atoms with Gasteiger partial charge in [0.1, 0.15) is 5.82 Å². The van der Waals surface area contributed by atoms with Crippen molar-refractivity contribution >= 4 is 17.1 Å². The van der Waals surface area contributed by atoms with Gasteiger partial charge in [-0.15, -0.1) is 11.3 Å². The van der Waals surface area contributed by atoms with Crippen molar-refractivity contribution < 1.29 is 13.9 Å². The molecule has 0 fully saturated rings. The average Bonchev–Trinajstić information content (AvgIpc) is 2.92. The van der Waals surface area contributed by atoms with E-state index in [2.05, 4.69) is 6.07 Å². The van der Waals surface area contributed by atoms with Gasteiger partial charge in [-0.1, -0.05) is 6.07 Å². The molecule has 0 saturated carbocycles. The second kappa shape index (κ2) is 7.16. The number of Topliss-reactive ketones (excluding diaryl/α,β-unsaturated/α-hetero) is 1. The molecule has 0 amide bonds. The number of hydrogen-bond acceptors (Lipinski definition) is 3. The number of benzene rings is 1. The van der Waals surface area contributed by atoms with Crippen molar-refractivity contribution in [1.29, 1.82) is 0 Å². The highest BCUT2D eigenvalue weighted by Crippen LogP contribution is 2.09. The van der Waals surface area contributed by atoms with Crippen LogP contribution in [0, 0.1) is 5.82 Å². The summed E-state index contributed by atoms with van der Waals surface area (Å²) in [7, 11) is 0. The van der Waals surface area contributed by atoms with Crippen LogP contribution >= 0.6 is 11.3 Å². The molecule has 0 N–H and O–H groups in total. The van der Waals surface area contributed by atoms with E-state index in [-0.39, 0.29) is 11.6 Å². The van der Waals surface area contributed by atoms with Crippen molar-refractivity contribution in [2.45, 2.75) is 12.8 Å². The molecule has 0 aliphatic rings. The van der Waals surface area contributed by atoms with Crippen LogP contribution in [0.25, 0.3) is 0 Å². The summed E-state index contributed by atoms with van der Waals surface area (Å²) in [6.07, 6.45) is 1.21. The molecular formula is C15H15FO2S. The summed E-state index contributed by atoms with van der Waals surface area (Å²) < 4.78 is 18.1. The fraction of sp³-hybridized carbons (Fsp3) is 0.267. The van der Waals surface area contributed by atoms with Gasteiger partial charge in [0.05, 0.1) is 13.2 Å². The Labute approximate surface area is 115 Å². The highest BCUT2D eigenvalue weighted by atomic mass is 32.1. The van der Waals surface area contributed by atoms with Gasteiger partial charge in [-0.05, 0) is 35.7 Å². The molecule has 0 saturated heterocycles. The van der Waals surface area contributed by atoms with Crippen LogP contribution < -0.4 is 0 Å². The van der Waals surface area contributed by atoms with Crippen LogP contribution in [0.2, 0.25) is 0 Å². The Bertz CT molecular complexity index is 505. The van der Waals surface area contributed by atoms with Gasteiger partial charge in [-0.2, -0.15) is 0 Å². The first-order chi connectivity index (χ1) is 9.25. The van der Waals surface area contributed by atoms with Crippen LogP contribution in [0.1, 0.15) is 21.7 Å². The predicted octanol–water partition coefficient (Wildman–Crippen LogP) is 3.72. The predicted molar refractivity (Wildman–Crippen MR) is 74.2 cm³/mol. The molecule has 0 unspecified atom stereocenters. The second-order valence-electron chi connectivity index (χ2n) is 4.12. The van der Waals surface area contributed by atoms with Gasteiger partial charge in [0, 0.05) is 23.3 Å². The van der Waals surface area contributed by atoms with Crippen molar-refractivity contribution in [3.05, 3.63) is 58.0 Å². The van der Waals surface area contributed by atoms with Crippen LogP contribution in [-0.2, 0) is 11.2 Å². The minimum Gasteiger partial charge on any atom is -0.381 e. The topological polar surface area (TPSA) is 26.3 Å². The summed E-state index contributed by atoms with van der Waals surface area (Å²) in [4.78, 5) is 13.0. The third-order valence-corrected chi connectivity index (χ3v) is 3.65. The van der Waals surface area contributed by atoms with Crippen molar-refractivity contribution in [3.63, 3.8) is 0 Å². The van der Waals surface area contributed by atoms with Gasteiger partial charge in [0.15, 0.2) is 5.78 Å².